The molecule has 3 atom stereocenters. The zero-order chi connectivity index (χ0) is 52.1. The van der Waals surface area contributed by atoms with Crippen molar-refractivity contribution in [3.63, 3.8) is 0 Å². The fourth-order valence-corrected chi connectivity index (χ4v) is 9.13. The van der Waals surface area contributed by atoms with Gasteiger partial charge in [0.25, 0.3) is 5.91 Å². The quantitative estimate of drug-likeness (QED) is 0.0212. The summed E-state index contributed by atoms with van der Waals surface area (Å²) < 4.78 is 28.7. The van der Waals surface area contributed by atoms with Crippen LogP contribution in [0.15, 0.2) is 114 Å². The van der Waals surface area contributed by atoms with Gasteiger partial charge in [0.05, 0.1) is 57.6 Å². The Morgan fingerprint density at radius 1 is 0.808 bits per heavy atom. The molecule has 2 heterocycles. The number of thiazole rings is 1. The van der Waals surface area contributed by atoms with Gasteiger partial charge < -0.3 is 43.9 Å². The first-order valence-corrected chi connectivity index (χ1v) is 25.8. The van der Waals surface area contributed by atoms with Gasteiger partial charge >= 0.3 is 0 Å². The maximum absolute atomic E-state index is 13.8. The lowest BCUT2D eigenvalue weighted by molar-refractivity contribution is -0.136. The van der Waals surface area contributed by atoms with Crippen LogP contribution in [0.5, 0.6) is 17.2 Å². The van der Waals surface area contributed by atoms with Crippen molar-refractivity contribution in [1.82, 2.24) is 20.1 Å². The molecular weight excluding hydrogens is 947 g/mol. The van der Waals surface area contributed by atoms with Gasteiger partial charge in [0.2, 0.25) is 17.6 Å². The number of amides is 3. The van der Waals surface area contributed by atoms with Crippen molar-refractivity contribution in [2.24, 2.45) is 16.8 Å². The van der Waals surface area contributed by atoms with Crippen molar-refractivity contribution in [1.29, 1.82) is 0 Å². The second-order valence-electron chi connectivity index (χ2n) is 17.9. The van der Waals surface area contributed by atoms with Crippen molar-refractivity contribution in [2.75, 3.05) is 80.0 Å². The number of rotatable bonds is 28. The number of phenolic OH excluding ortho intramolecular Hbond substituents is 1. The molecule has 388 valence electrons. The third kappa shape index (κ3) is 16.2. The summed E-state index contributed by atoms with van der Waals surface area (Å²) in [6.45, 7) is 10.7. The molecule has 0 aliphatic carbocycles. The molecule has 73 heavy (non-hydrogen) atoms. The molecule has 6 rings (SSSR count). The van der Waals surface area contributed by atoms with Crippen LogP contribution in [0.4, 0.5) is 0 Å². The highest BCUT2D eigenvalue weighted by Crippen LogP contribution is 2.37. The van der Waals surface area contributed by atoms with Crippen LogP contribution < -0.4 is 14.8 Å². The largest absolute Gasteiger partial charge is 0.508 e. The summed E-state index contributed by atoms with van der Waals surface area (Å²) in [5.41, 5.74) is 6.21. The SMILES string of the molecule is CC/C(=C(\c1ccc(O)cc1)c1ccc(OCCN(C)C(=O)COCCOCCOCCOc2cccc(C(=O)c3csc([C@@H]4CCCN4C(=O)C(C=NC(=O)[C@H](C)NC)C(C)C)n3)c2)cc1)c1ccccc1. The smallest absolute Gasteiger partial charge is 0.262 e. The fraction of sp³-hybridized carbons (Fsp3) is 0.404. The number of nitrogens with zero attached hydrogens (tertiary/aromatic N) is 4. The molecule has 15 nitrogen and oxygen atoms in total. The van der Waals surface area contributed by atoms with E-state index in [9.17, 15) is 24.3 Å². The van der Waals surface area contributed by atoms with Crippen molar-refractivity contribution in [3.05, 3.63) is 141 Å². The van der Waals surface area contributed by atoms with Gasteiger partial charge in [-0.15, -0.1) is 11.3 Å². The maximum Gasteiger partial charge on any atom is 0.262 e. The van der Waals surface area contributed by atoms with Gasteiger partial charge in [0.1, 0.15) is 47.8 Å². The normalized spacial score (nSPS) is 14.8. The fourth-order valence-electron chi connectivity index (χ4n) is 8.19. The lowest BCUT2D eigenvalue weighted by Crippen LogP contribution is -2.39. The van der Waals surface area contributed by atoms with E-state index in [1.807, 2.05) is 73.3 Å². The summed E-state index contributed by atoms with van der Waals surface area (Å²) in [5, 5.41) is 15.3. The zero-order valence-corrected chi connectivity index (χ0v) is 43.6. The molecule has 2 N–H and O–H groups in total. The Labute approximate surface area is 433 Å². The van der Waals surface area contributed by atoms with Gasteiger partial charge in [-0.3, -0.25) is 19.2 Å². The summed E-state index contributed by atoms with van der Waals surface area (Å²) in [5.74, 6) is -0.0349. The number of nitrogens with one attached hydrogen (secondary N) is 1. The number of aliphatic imine (C=N–C) groups is 1. The lowest BCUT2D eigenvalue weighted by Gasteiger charge is -2.28. The van der Waals surface area contributed by atoms with E-state index in [4.69, 9.17) is 28.7 Å². The van der Waals surface area contributed by atoms with Gasteiger partial charge in [0.15, 0.2) is 0 Å². The van der Waals surface area contributed by atoms with Crippen LogP contribution in [0, 0.1) is 11.8 Å². The number of aromatic nitrogens is 1. The highest BCUT2D eigenvalue weighted by Gasteiger charge is 2.36. The number of aromatic hydroxyl groups is 1. The lowest BCUT2D eigenvalue weighted by atomic mass is 9.88. The first kappa shape index (κ1) is 55.7. The minimum atomic E-state index is -0.560. The zero-order valence-electron chi connectivity index (χ0n) is 42.8. The predicted molar refractivity (Wildman–Crippen MR) is 284 cm³/mol. The van der Waals surface area contributed by atoms with Crippen LogP contribution in [0.1, 0.15) is 90.7 Å². The van der Waals surface area contributed by atoms with E-state index in [0.717, 1.165) is 41.5 Å². The van der Waals surface area contributed by atoms with Crippen LogP contribution in [0.3, 0.4) is 0 Å². The maximum atomic E-state index is 13.8. The molecule has 0 saturated carbocycles. The number of phenols is 1. The Morgan fingerprint density at radius 2 is 1.45 bits per heavy atom. The van der Waals surface area contributed by atoms with Gasteiger partial charge in [-0.05, 0) is 103 Å². The van der Waals surface area contributed by atoms with E-state index in [1.165, 1.54) is 23.1 Å². The summed E-state index contributed by atoms with van der Waals surface area (Å²) in [6.07, 6.45) is 3.84. The molecule has 1 saturated heterocycles. The van der Waals surface area contributed by atoms with Gasteiger partial charge in [-0.2, -0.15) is 0 Å². The Balaban J connectivity index is 0.839. The number of carbonyl (C=O) groups is 4. The summed E-state index contributed by atoms with van der Waals surface area (Å²) in [6, 6.07) is 31.7. The van der Waals surface area contributed by atoms with E-state index in [0.29, 0.717) is 73.9 Å². The van der Waals surface area contributed by atoms with E-state index in [1.54, 1.807) is 67.7 Å². The van der Waals surface area contributed by atoms with Crippen LogP contribution in [-0.2, 0) is 28.6 Å². The topological polar surface area (TPSA) is 178 Å². The number of ether oxygens (including phenoxy) is 5. The summed E-state index contributed by atoms with van der Waals surface area (Å²) in [4.78, 5) is 64.5. The number of allylic oxidation sites excluding steroid dienone is 1. The molecule has 1 aliphatic heterocycles. The Morgan fingerprint density at radius 3 is 2.12 bits per heavy atom. The van der Waals surface area contributed by atoms with Crippen LogP contribution in [-0.4, -0.2) is 136 Å². The van der Waals surface area contributed by atoms with Gasteiger partial charge in [0, 0.05) is 30.8 Å². The number of hydrogen-bond donors (Lipinski definition) is 2. The molecule has 16 heteroatoms. The van der Waals surface area contributed by atoms with Crippen LogP contribution in [0.25, 0.3) is 11.1 Å². The van der Waals surface area contributed by atoms with E-state index < -0.39 is 12.0 Å². The van der Waals surface area contributed by atoms with E-state index in [-0.39, 0.29) is 61.0 Å². The molecule has 1 fully saturated rings. The molecule has 1 aliphatic rings. The van der Waals surface area contributed by atoms with Gasteiger partial charge in [-0.1, -0.05) is 87.5 Å². The first-order valence-electron chi connectivity index (χ1n) is 25.0. The molecule has 4 aromatic carbocycles. The molecule has 0 spiro atoms. The Kier molecular flexibility index (Phi) is 21.9. The van der Waals surface area contributed by atoms with Crippen LogP contribution in [0.2, 0.25) is 0 Å². The van der Waals surface area contributed by atoms with Crippen molar-refractivity contribution < 1.29 is 48.0 Å². The third-order valence-corrected chi connectivity index (χ3v) is 13.5. The Bertz CT molecular complexity index is 2620. The number of likely N-dealkylation sites (N-methyl/N-ethyl adjacent to an activating group) is 2. The van der Waals surface area contributed by atoms with Gasteiger partial charge in [-0.25, -0.2) is 9.98 Å². The first-order chi connectivity index (χ1) is 35.4. The van der Waals surface area contributed by atoms with Crippen molar-refractivity contribution in [3.8, 4) is 17.2 Å². The number of likely N-dealkylation sites (tertiary alicyclic amines) is 1. The molecule has 1 unspecified atom stereocenters. The monoisotopic (exact) mass is 1020 g/mol. The molecule has 0 radical (unpaired) electrons. The average Bonchev–Trinajstić information content (AvgIpc) is 4.11. The highest BCUT2D eigenvalue weighted by molar-refractivity contribution is 7.10. The van der Waals surface area contributed by atoms with Crippen molar-refractivity contribution >= 4 is 52.2 Å². The van der Waals surface area contributed by atoms with E-state index >= 15 is 0 Å². The minimum Gasteiger partial charge on any atom is -0.508 e. The molecule has 3 amide bonds. The van der Waals surface area contributed by atoms with E-state index in [2.05, 4.69) is 29.4 Å². The number of benzene rings is 4. The highest BCUT2D eigenvalue weighted by atomic mass is 32.1. The number of ketones is 1. The second-order valence-corrected chi connectivity index (χ2v) is 18.8. The second kappa shape index (κ2) is 28.6. The third-order valence-electron chi connectivity index (χ3n) is 12.5. The molecule has 0 bridgehead atoms. The molecule has 1 aromatic heterocycles. The molecular formula is C57H69N5O10S. The number of carbonyl (C=O) groups excluding carboxylic acids is 4. The standard InChI is InChI=1S/C57H69N5O10S/c1-7-48(41-13-9-8-10-14-41)53(42-18-22-45(63)23-19-42)43-20-24-46(25-21-43)71-28-27-61(6)52(64)37-70-32-31-68-29-30-69-33-34-72-47-16-11-15-44(35-47)54(65)50-38-73-56(60-50)51-17-12-26-62(51)57(67)49(39(2)3)36-59-55(66)40(4)58-5/h8-11,13-16,18-25,35-36,38-40,49,51,58,63H,7,12,17,26-34,37H2,1-6H3/b53-48-,59-36?/t40-,49?,51-/m0/s1. The average molecular weight is 1020 g/mol. The summed E-state index contributed by atoms with van der Waals surface area (Å²) >= 11 is 1.36. The summed E-state index contributed by atoms with van der Waals surface area (Å²) in [7, 11) is 3.40. The predicted octanol–water partition coefficient (Wildman–Crippen LogP) is 8.56. The Hall–Kier alpha value is -6.56. The molecule has 5 aromatic rings. The van der Waals surface area contributed by atoms with Crippen LogP contribution >= 0.6 is 11.3 Å². The minimum absolute atomic E-state index is 0.0647. The number of hydrogen-bond acceptors (Lipinski definition) is 13. The van der Waals surface area contributed by atoms with Crippen molar-refractivity contribution in [2.45, 2.75) is 59.0 Å².